The van der Waals surface area contributed by atoms with Crippen molar-refractivity contribution in [1.82, 2.24) is 19.6 Å². The summed E-state index contributed by atoms with van der Waals surface area (Å²) in [5.41, 5.74) is 1.70. The molecule has 1 amide bonds. The van der Waals surface area contributed by atoms with E-state index in [1.54, 1.807) is 30.9 Å². The third-order valence-corrected chi connectivity index (χ3v) is 4.86. The smallest absolute Gasteiger partial charge is 0.312 e. The second kappa shape index (κ2) is 7.83. The van der Waals surface area contributed by atoms with E-state index in [1.807, 2.05) is 0 Å². The number of hydrogen-bond acceptors (Lipinski definition) is 5. The number of hydrogen-bond donors (Lipinski definition) is 0. The lowest BCUT2D eigenvalue weighted by atomic mass is 10.2. The average Bonchev–Trinajstić information content (AvgIpc) is 2.91. The second-order valence-electron chi connectivity index (χ2n) is 6.72. The van der Waals surface area contributed by atoms with E-state index in [1.165, 1.54) is 16.8 Å². The number of benzene rings is 1. The van der Waals surface area contributed by atoms with Crippen molar-refractivity contribution in [3.05, 3.63) is 57.1 Å². The molecular weight excluding hydrogens is 353 g/mol. The molecule has 1 fully saturated rings. The number of rotatable bonds is 5. The number of aromatic nitrogens is 2. The standard InChI is InChI=1S/C18H22FN5O3/c1-13-18(24(26)27)14(2)23(20-13)12-17(25)22-9-7-21(8-10-22)11-15-3-5-16(19)6-4-15/h3-6H,7-12H2,1-2H3. The van der Waals surface area contributed by atoms with Gasteiger partial charge in [-0.05, 0) is 31.5 Å². The maximum atomic E-state index is 13.0. The van der Waals surface area contributed by atoms with Crippen molar-refractivity contribution in [3.8, 4) is 0 Å². The van der Waals surface area contributed by atoms with Crippen molar-refractivity contribution in [3.63, 3.8) is 0 Å². The molecule has 0 unspecified atom stereocenters. The normalized spacial score (nSPS) is 15.1. The zero-order valence-electron chi connectivity index (χ0n) is 15.4. The van der Waals surface area contributed by atoms with E-state index in [4.69, 9.17) is 0 Å². The van der Waals surface area contributed by atoms with Gasteiger partial charge in [0, 0.05) is 32.7 Å². The fourth-order valence-corrected chi connectivity index (χ4v) is 3.34. The van der Waals surface area contributed by atoms with Gasteiger partial charge in [-0.3, -0.25) is 24.5 Å². The van der Waals surface area contributed by atoms with E-state index in [0.29, 0.717) is 31.0 Å². The van der Waals surface area contributed by atoms with Crippen LogP contribution in [0.3, 0.4) is 0 Å². The second-order valence-corrected chi connectivity index (χ2v) is 6.72. The highest BCUT2D eigenvalue weighted by molar-refractivity contribution is 5.76. The molecule has 8 nitrogen and oxygen atoms in total. The van der Waals surface area contributed by atoms with E-state index in [2.05, 4.69) is 10.00 Å². The summed E-state index contributed by atoms with van der Waals surface area (Å²) in [4.78, 5) is 27.1. The predicted octanol–water partition coefficient (Wildman–Crippen LogP) is 1.89. The van der Waals surface area contributed by atoms with Crippen LogP contribution in [-0.2, 0) is 17.9 Å². The Morgan fingerprint density at radius 1 is 1.19 bits per heavy atom. The van der Waals surface area contributed by atoms with Crippen LogP contribution in [0.4, 0.5) is 10.1 Å². The number of piperazine rings is 1. The van der Waals surface area contributed by atoms with Gasteiger partial charge in [0.25, 0.3) is 0 Å². The lowest BCUT2D eigenvalue weighted by molar-refractivity contribution is -0.386. The molecule has 1 saturated heterocycles. The summed E-state index contributed by atoms with van der Waals surface area (Å²) in [7, 11) is 0. The summed E-state index contributed by atoms with van der Waals surface area (Å²) in [6.07, 6.45) is 0. The van der Waals surface area contributed by atoms with Crippen molar-refractivity contribution in [2.75, 3.05) is 26.2 Å². The SMILES string of the molecule is Cc1nn(CC(=O)N2CCN(Cc3ccc(F)cc3)CC2)c(C)c1[N+](=O)[O-]. The summed E-state index contributed by atoms with van der Waals surface area (Å²) < 4.78 is 14.4. The summed E-state index contributed by atoms with van der Waals surface area (Å²) in [5.74, 6) is -0.351. The molecule has 0 spiro atoms. The minimum atomic E-state index is -0.465. The Hall–Kier alpha value is -2.81. The first kappa shape index (κ1) is 19.0. The van der Waals surface area contributed by atoms with Crippen molar-refractivity contribution < 1.29 is 14.1 Å². The first-order valence-electron chi connectivity index (χ1n) is 8.78. The van der Waals surface area contributed by atoms with Crippen LogP contribution < -0.4 is 0 Å². The quantitative estimate of drug-likeness (QED) is 0.589. The fourth-order valence-electron chi connectivity index (χ4n) is 3.34. The highest BCUT2D eigenvalue weighted by atomic mass is 19.1. The minimum absolute atomic E-state index is 0.00151. The van der Waals surface area contributed by atoms with Crippen LogP contribution in [-0.4, -0.2) is 56.6 Å². The van der Waals surface area contributed by atoms with Gasteiger partial charge in [0.1, 0.15) is 23.7 Å². The highest BCUT2D eigenvalue weighted by Gasteiger charge is 2.26. The molecule has 9 heteroatoms. The minimum Gasteiger partial charge on any atom is -0.339 e. The molecule has 2 aromatic rings. The third kappa shape index (κ3) is 4.30. The molecule has 3 rings (SSSR count). The molecule has 0 radical (unpaired) electrons. The largest absolute Gasteiger partial charge is 0.339 e. The van der Waals surface area contributed by atoms with Crippen molar-refractivity contribution in [1.29, 1.82) is 0 Å². The Morgan fingerprint density at radius 2 is 1.81 bits per heavy atom. The first-order chi connectivity index (χ1) is 12.8. The van der Waals surface area contributed by atoms with Gasteiger partial charge in [0.2, 0.25) is 5.91 Å². The van der Waals surface area contributed by atoms with E-state index in [0.717, 1.165) is 18.7 Å². The van der Waals surface area contributed by atoms with Gasteiger partial charge in [-0.1, -0.05) is 12.1 Å². The molecular formula is C18H22FN5O3. The molecule has 1 aliphatic heterocycles. The van der Waals surface area contributed by atoms with Crippen molar-refractivity contribution in [2.45, 2.75) is 26.9 Å². The number of carbonyl (C=O) groups excluding carboxylic acids is 1. The number of halogens is 1. The topological polar surface area (TPSA) is 84.5 Å². The first-order valence-corrected chi connectivity index (χ1v) is 8.78. The van der Waals surface area contributed by atoms with Gasteiger partial charge in [-0.2, -0.15) is 5.10 Å². The number of carbonyl (C=O) groups is 1. The Morgan fingerprint density at radius 3 is 2.37 bits per heavy atom. The maximum Gasteiger partial charge on any atom is 0.312 e. The summed E-state index contributed by atoms with van der Waals surface area (Å²) in [6, 6.07) is 6.43. The lowest BCUT2D eigenvalue weighted by Crippen LogP contribution is -2.49. The molecule has 2 heterocycles. The molecule has 0 saturated carbocycles. The monoisotopic (exact) mass is 375 g/mol. The van der Waals surface area contributed by atoms with Gasteiger partial charge in [0.15, 0.2) is 0 Å². The van der Waals surface area contributed by atoms with Crippen LogP contribution in [0.25, 0.3) is 0 Å². The summed E-state index contributed by atoms with van der Waals surface area (Å²) in [5, 5.41) is 15.2. The van der Waals surface area contributed by atoms with Gasteiger partial charge in [0.05, 0.1) is 4.92 Å². The Labute approximate surface area is 156 Å². The zero-order chi connectivity index (χ0) is 19.6. The molecule has 1 aromatic carbocycles. The van der Waals surface area contributed by atoms with E-state index in [9.17, 15) is 19.3 Å². The van der Waals surface area contributed by atoms with Gasteiger partial charge in [-0.15, -0.1) is 0 Å². The lowest BCUT2D eigenvalue weighted by Gasteiger charge is -2.34. The molecule has 27 heavy (non-hydrogen) atoms. The van der Waals surface area contributed by atoms with Crippen LogP contribution in [0.1, 0.15) is 17.0 Å². The van der Waals surface area contributed by atoms with Crippen LogP contribution in [0.15, 0.2) is 24.3 Å². The van der Waals surface area contributed by atoms with Crippen LogP contribution >= 0.6 is 0 Å². The number of nitro groups is 1. The van der Waals surface area contributed by atoms with E-state index in [-0.39, 0.29) is 24.0 Å². The van der Waals surface area contributed by atoms with Gasteiger partial charge in [-0.25, -0.2) is 4.39 Å². The van der Waals surface area contributed by atoms with E-state index >= 15 is 0 Å². The average molecular weight is 375 g/mol. The maximum absolute atomic E-state index is 13.0. The molecule has 0 bridgehead atoms. The molecule has 144 valence electrons. The van der Waals surface area contributed by atoms with Crippen LogP contribution in [0.5, 0.6) is 0 Å². The van der Waals surface area contributed by atoms with Crippen LogP contribution in [0, 0.1) is 29.8 Å². The Bertz CT molecular complexity index is 841. The number of nitrogens with zero attached hydrogens (tertiary/aromatic N) is 5. The highest BCUT2D eigenvalue weighted by Crippen LogP contribution is 2.22. The Balaban J connectivity index is 1.55. The van der Waals surface area contributed by atoms with Gasteiger partial charge >= 0.3 is 5.69 Å². The summed E-state index contributed by atoms with van der Waals surface area (Å²) >= 11 is 0. The van der Waals surface area contributed by atoms with Crippen LogP contribution in [0.2, 0.25) is 0 Å². The van der Waals surface area contributed by atoms with E-state index < -0.39 is 4.92 Å². The number of aryl methyl sites for hydroxylation is 1. The molecule has 0 N–H and O–H groups in total. The number of amides is 1. The zero-order valence-corrected chi connectivity index (χ0v) is 15.4. The molecule has 0 aliphatic carbocycles. The van der Waals surface area contributed by atoms with Gasteiger partial charge < -0.3 is 4.90 Å². The Kier molecular flexibility index (Phi) is 5.50. The van der Waals surface area contributed by atoms with Crippen molar-refractivity contribution in [2.24, 2.45) is 0 Å². The third-order valence-electron chi connectivity index (χ3n) is 4.86. The summed E-state index contributed by atoms with van der Waals surface area (Å²) in [6.45, 7) is 6.50. The molecule has 0 atom stereocenters. The molecule has 1 aliphatic rings. The molecule has 1 aromatic heterocycles. The van der Waals surface area contributed by atoms with Crippen molar-refractivity contribution >= 4 is 11.6 Å². The fraction of sp³-hybridized carbons (Fsp3) is 0.444. The predicted molar refractivity (Wildman–Crippen MR) is 96.6 cm³/mol.